The summed E-state index contributed by atoms with van der Waals surface area (Å²) >= 11 is 9.10. The SMILES string of the molecule is Cc1ccnc(Cl)c1NS(=O)(=O)c1ccc(N)cc1Br. The molecular formula is C12H11BrClN3O2S. The molecular weight excluding hydrogens is 366 g/mol. The van der Waals surface area contributed by atoms with Gasteiger partial charge in [-0.05, 0) is 52.7 Å². The molecule has 2 rings (SSSR count). The Morgan fingerprint density at radius 3 is 2.65 bits per heavy atom. The number of pyridine rings is 1. The van der Waals surface area contributed by atoms with E-state index in [2.05, 4.69) is 25.6 Å². The number of aromatic nitrogens is 1. The summed E-state index contributed by atoms with van der Waals surface area (Å²) in [4.78, 5) is 3.94. The zero-order chi connectivity index (χ0) is 14.9. The number of halogens is 2. The van der Waals surface area contributed by atoms with Crippen molar-refractivity contribution in [3.05, 3.63) is 45.7 Å². The topological polar surface area (TPSA) is 85.1 Å². The number of hydrogen-bond donors (Lipinski definition) is 2. The summed E-state index contributed by atoms with van der Waals surface area (Å²) < 4.78 is 27.6. The first-order valence-electron chi connectivity index (χ1n) is 5.50. The summed E-state index contributed by atoms with van der Waals surface area (Å²) in [5.41, 5.74) is 7.00. The standard InChI is InChI=1S/C12H11BrClN3O2S/c1-7-4-5-16-12(14)11(7)17-20(18,19)10-3-2-8(15)6-9(10)13/h2-6,17H,15H2,1H3. The van der Waals surface area contributed by atoms with Crippen molar-refractivity contribution >= 4 is 48.9 Å². The molecule has 5 nitrogen and oxygen atoms in total. The second-order valence-electron chi connectivity index (χ2n) is 4.09. The van der Waals surface area contributed by atoms with E-state index in [-0.39, 0.29) is 15.7 Å². The van der Waals surface area contributed by atoms with Crippen LogP contribution in [0.3, 0.4) is 0 Å². The first-order valence-corrected chi connectivity index (χ1v) is 8.15. The maximum absolute atomic E-state index is 12.4. The first kappa shape index (κ1) is 15.1. The molecule has 0 spiro atoms. The van der Waals surface area contributed by atoms with Gasteiger partial charge in [0.15, 0.2) is 5.15 Å². The van der Waals surface area contributed by atoms with Crippen LogP contribution in [0, 0.1) is 6.92 Å². The predicted molar refractivity (Wildman–Crippen MR) is 83.3 cm³/mol. The molecule has 0 aliphatic heterocycles. The maximum atomic E-state index is 12.4. The molecule has 106 valence electrons. The van der Waals surface area contributed by atoms with Crippen molar-refractivity contribution in [2.75, 3.05) is 10.5 Å². The lowest BCUT2D eigenvalue weighted by Gasteiger charge is -2.12. The minimum Gasteiger partial charge on any atom is -0.399 e. The highest BCUT2D eigenvalue weighted by atomic mass is 79.9. The maximum Gasteiger partial charge on any atom is 0.263 e. The summed E-state index contributed by atoms with van der Waals surface area (Å²) in [5, 5.41) is 0.0974. The Labute approximate surface area is 130 Å². The normalized spacial score (nSPS) is 11.3. The fraction of sp³-hybridized carbons (Fsp3) is 0.0833. The van der Waals surface area contributed by atoms with E-state index in [4.69, 9.17) is 17.3 Å². The Kier molecular flexibility index (Phi) is 4.22. The van der Waals surface area contributed by atoms with Crippen LogP contribution in [-0.4, -0.2) is 13.4 Å². The summed E-state index contributed by atoms with van der Waals surface area (Å²) in [5.74, 6) is 0. The Balaban J connectivity index is 2.46. The van der Waals surface area contributed by atoms with E-state index in [1.807, 2.05) is 0 Å². The Bertz CT molecular complexity index is 745. The number of rotatable bonds is 3. The monoisotopic (exact) mass is 375 g/mol. The number of nitrogens with zero attached hydrogens (tertiary/aromatic N) is 1. The quantitative estimate of drug-likeness (QED) is 0.636. The van der Waals surface area contributed by atoms with Gasteiger partial charge in [-0.3, -0.25) is 4.72 Å². The number of sulfonamides is 1. The van der Waals surface area contributed by atoms with Gasteiger partial charge in [0.05, 0.1) is 5.69 Å². The van der Waals surface area contributed by atoms with Crippen LogP contribution >= 0.6 is 27.5 Å². The lowest BCUT2D eigenvalue weighted by atomic mass is 10.3. The summed E-state index contributed by atoms with van der Waals surface area (Å²) in [6.07, 6.45) is 1.51. The number of nitrogen functional groups attached to an aromatic ring is 1. The Morgan fingerprint density at radius 2 is 2.05 bits per heavy atom. The van der Waals surface area contributed by atoms with Gasteiger partial charge in [-0.2, -0.15) is 0 Å². The van der Waals surface area contributed by atoms with Crippen molar-refractivity contribution in [2.24, 2.45) is 0 Å². The number of aryl methyl sites for hydroxylation is 1. The molecule has 1 aromatic heterocycles. The van der Waals surface area contributed by atoms with Gasteiger partial charge < -0.3 is 5.73 Å². The highest BCUT2D eigenvalue weighted by molar-refractivity contribution is 9.10. The average molecular weight is 377 g/mol. The predicted octanol–water partition coefficient (Wildman–Crippen LogP) is 3.19. The lowest BCUT2D eigenvalue weighted by molar-refractivity contribution is 0.600. The van der Waals surface area contributed by atoms with E-state index in [1.165, 1.54) is 24.4 Å². The lowest BCUT2D eigenvalue weighted by Crippen LogP contribution is -2.15. The third kappa shape index (κ3) is 3.05. The molecule has 0 saturated heterocycles. The molecule has 2 aromatic rings. The van der Waals surface area contributed by atoms with Gasteiger partial charge in [-0.25, -0.2) is 13.4 Å². The largest absolute Gasteiger partial charge is 0.399 e. The fourth-order valence-corrected chi connectivity index (χ4v) is 4.12. The van der Waals surface area contributed by atoms with E-state index in [9.17, 15) is 8.42 Å². The Hall–Kier alpha value is -1.31. The van der Waals surface area contributed by atoms with Crippen LogP contribution in [0.4, 0.5) is 11.4 Å². The highest BCUT2D eigenvalue weighted by Gasteiger charge is 2.20. The van der Waals surface area contributed by atoms with Gasteiger partial charge in [0.25, 0.3) is 10.0 Å². The van der Waals surface area contributed by atoms with E-state index < -0.39 is 10.0 Å². The van der Waals surface area contributed by atoms with E-state index in [0.29, 0.717) is 15.7 Å². The number of benzene rings is 1. The van der Waals surface area contributed by atoms with Crippen molar-refractivity contribution in [1.82, 2.24) is 4.98 Å². The molecule has 0 radical (unpaired) electrons. The van der Waals surface area contributed by atoms with Gasteiger partial charge in [0.1, 0.15) is 4.90 Å². The molecule has 0 amide bonds. The Morgan fingerprint density at radius 1 is 1.35 bits per heavy atom. The highest BCUT2D eigenvalue weighted by Crippen LogP contribution is 2.29. The van der Waals surface area contributed by atoms with Crippen molar-refractivity contribution in [3.63, 3.8) is 0 Å². The number of nitrogens with two attached hydrogens (primary N) is 1. The minimum atomic E-state index is -3.78. The second kappa shape index (κ2) is 5.59. The van der Waals surface area contributed by atoms with E-state index >= 15 is 0 Å². The minimum absolute atomic E-state index is 0.0750. The van der Waals surface area contributed by atoms with Crippen molar-refractivity contribution < 1.29 is 8.42 Å². The molecule has 3 N–H and O–H groups in total. The van der Waals surface area contributed by atoms with Gasteiger partial charge in [-0.1, -0.05) is 11.6 Å². The number of anilines is 2. The molecule has 0 bridgehead atoms. The number of hydrogen-bond acceptors (Lipinski definition) is 4. The molecule has 8 heteroatoms. The molecule has 0 aliphatic carbocycles. The molecule has 1 aromatic carbocycles. The third-order valence-corrected chi connectivity index (χ3v) is 5.21. The third-order valence-electron chi connectivity index (χ3n) is 2.59. The van der Waals surface area contributed by atoms with Crippen LogP contribution in [0.15, 0.2) is 39.8 Å². The summed E-state index contributed by atoms with van der Waals surface area (Å²) in [6.45, 7) is 1.74. The molecule has 0 atom stereocenters. The van der Waals surface area contributed by atoms with E-state index in [1.54, 1.807) is 13.0 Å². The molecule has 20 heavy (non-hydrogen) atoms. The summed E-state index contributed by atoms with van der Waals surface area (Å²) in [6, 6.07) is 6.12. The van der Waals surface area contributed by atoms with Crippen LogP contribution in [0.25, 0.3) is 0 Å². The second-order valence-corrected chi connectivity index (χ2v) is 6.95. The summed E-state index contributed by atoms with van der Waals surface area (Å²) in [7, 11) is -3.78. The van der Waals surface area contributed by atoms with Crippen LogP contribution < -0.4 is 10.5 Å². The molecule has 1 heterocycles. The van der Waals surface area contributed by atoms with Gasteiger partial charge >= 0.3 is 0 Å². The number of nitrogens with one attached hydrogen (secondary N) is 1. The first-order chi connectivity index (χ1) is 9.31. The van der Waals surface area contributed by atoms with Gasteiger partial charge in [0, 0.05) is 16.4 Å². The molecule has 0 aliphatic rings. The van der Waals surface area contributed by atoms with Crippen molar-refractivity contribution in [3.8, 4) is 0 Å². The van der Waals surface area contributed by atoms with E-state index in [0.717, 1.165) is 0 Å². The molecule has 0 unspecified atom stereocenters. The van der Waals surface area contributed by atoms with Gasteiger partial charge in [0.2, 0.25) is 0 Å². The molecule has 0 saturated carbocycles. The van der Waals surface area contributed by atoms with Crippen LogP contribution in [0.5, 0.6) is 0 Å². The van der Waals surface area contributed by atoms with Crippen LogP contribution in [0.1, 0.15) is 5.56 Å². The van der Waals surface area contributed by atoms with Crippen LogP contribution in [-0.2, 0) is 10.0 Å². The van der Waals surface area contributed by atoms with Crippen molar-refractivity contribution in [2.45, 2.75) is 11.8 Å². The zero-order valence-corrected chi connectivity index (χ0v) is 13.6. The fourth-order valence-electron chi connectivity index (χ4n) is 1.57. The van der Waals surface area contributed by atoms with Crippen molar-refractivity contribution in [1.29, 1.82) is 0 Å². The smallest absolute Gasteiger partial charge is 0.263 e. The van der Waals surface area contributed by atoms with Gasteiger partial charge in [-0.15, -0.1) is 0 Å². The average Bonchev–Trinajstić information content (AvgIpc) is 2.33. The molecule has 0 fully saturated rings. The zero-order valence-electron chi connectivity index (χ0n) is 10.4. The van der Waals surface area contributed by atoms with Crippen LogP contribution in [0.2, 0.25) is 5.15 Å².